The third kappa shape index (κ3) is 3.54. The van der Waals surface area contributed by atoms with Crippen molar-refractivity contribution in [1.82, 2.24) is 14.5 Å². The molecule has 8 heteroatoms. The number of nitrogens with zero attached hydrogens (tertiary/aromatic N) is 4. The van der Waals surface area contributed by atoms with E-state index >= 15 is 0 Å². The first-order valence-electron chi connectivity index (χ1n) is 9.06. The number of aromatic nitrogens is 3. The summed E-state index contributed by atoms with van der Waals surface area (Å²) >= 11 is 0. The molecule has 4 aromatic rings. The number of anilines is 2. The molecule has 0 amide bonds. The van der Waals surface area contributed by atoms with E-state index < -0.39 is 10.0 Å². The fraction of sp³-hybridized carbons (Fsp3) is 0.143. The number of rotatable bonds is 5. The van der Waals surface area contributed by atoms with Gasteiger partial charge < -0.3 is 10.3 Å². The van der Waals surface area contributed by atoms with Crippen LogP contribution >= 0.6 is 0 Å². The molecule has 0 aliphatic heterocycles. The Kier molecular flexibility index (Phi) is 4.71. The molecule has 0 radical (unpaired) electrons. The van der Waals surface area contributed by atoms with Crippen LogP contribution in [-0.2, 0) is 16.6 Å². The number of hydrogen-bond donors (Lipinski definition) is 1. The number of imidazole rings is 1. The van der Waals surface area contributed by atoms with Crippen molar-refractivity contribution < 1.29 is 8.42 Å². The van der Waals surface area contributed by atoms with Gasteiger partial charge in [0.2, 0.25) is 0 Å². The molecule has 2 heterocycles. The number of nitrogen functional groups attached to an aromatic ring is 1. The lowest BCUT2D eigenvalue weighted by molar-refractivity contribution is 0.594. The Labute approximate surface area is 169 Å². The van der Waals surface area contributed by atoms with E-state index in [-0.39, 0.29) is 4.90 Å². The van der Waals surface area contributed by atoms with E-state index in [1.807, 2.05) is 25.1 Å². The van der Waals surface area contributed by atoms with Crippen LogP contribution in [0.1, 0.15) is 11.4 Å². The van der Waals surface area contributed by atoms with E-state index in [2.05, 4.69) is 14.5 Å². The summed E-state index contributed by atoms with van der Waals surface area (Å²) in [5.41, 5.74) is 9.63. The summed E-state index contributed by atoms with van der Waals surface area (Å²) in [5.74, 6) is 0.881. The summed E-state index contributed by atoms with van der Waals surface area (Å²) in [6, 6.07) is 15.6. The molecule has 29 heavy (non-hydrogen) atoms. The maximum absolute atomic E-state index is 13.0. The third-order valence-corrected chi connectivity index (χ3v) is 6.70. The van der Waals surface area contributed by atoms with Gasteiger partial charge in [-0.3, -0.25) is 9.29 Å². The predicted octanol–water partition coefficient (Wildman–Crippen LogP) is 3.20. The maximum atomic E-state index is 13.0. The fourth-order valence-corrected chi connectivity index (χ4v) is 4.46. The van der Waals surface area contributed by atoms with E-state index in [9.17, 15) is 8.42 Å². The maximum Gasteiger partial charge on any atom is 0.264 e. The topological polar surface area (TPSA) is 94.1 Å². The minimum atomic E-state index is -3.68. The smallest absolute Gasteiger partial charge is 0.264 e. The van der Waals surface area contributed by atoms with Crippen LogP contribution in [0, 0.1) is 6.92 Å². The van der Waals surface area contributed by atoms with E-state index in [1.54, 1.807) is 48.8 Å². The average Bonchev–Trinajstić information content (AvgIpc) is 3.03. The highest BCUT2D eigenvalue weighted by Gasteiger charge is 2.21. The number of sulfonamides is 1. The molecule has 7 nitrogen and oxygen atoms in total. The van der Waals surface area contributed by atoms with E-state index in [1.165, 1.54) is 11.4 Å². The summed E-state index contributed by atoms with van der Waals surface area (Å²) in [6.45, 7) is 2.54. The fourth-order valence-electron chi connectivity index (χ4n) is 3.27. The highest BCUT2D eigenvalue weighted by molar-refractivity contribution is 7.92. The minimum absolute atomic E-state index is 0.225. The van der Waals surface area contributed by atoms with Crippen molar-refractivity contribution in [2.45, 2.75) is 18.4 Å². The lowest BCUT2D eigenvalue weighted by Crippen LogP contribution is -2.26. The molecular weight excluding hydrogens is 386 g/mol. The quantitative estimate of drug-likeness (QED) is 0.513. The molecule has 0 unspecified atom stereocenters. The molecule has 2 N–H and O–H groups in total. The summed E-state index contributed by atoms with van der Waals surface area (Å²) in [4.78, 5) is 8.85. The Hall–Kier alpha value is -3.39. The van der Waals surface area contributed by atoms with E-state index in [0.717, 1.165) is 22.4 Å². The van der Waals surface area contributed by atoms with Gasteiger partial charge in [-0.1, -0.05) is 18.2 Å². The second kappa shape index (κ2) is 7.21. The van der Waals surface area contributed by atoms with Gasteiger partial charge >= 0.3 is 0 Å². The normalized spacial score (nSPS) is 11.7. The van der Waals surface area contributed by atoms with Crippen LogP contribution < -0.4 is 10.0 Å². The van der Waals surface area contributed by atoms with Crippen LogP contribution in [-0.4, -0.2) is 30.0 Å². The molecule has 0 saturated heterocycles. The summed E-state index contributed by atoms with van der Waals surface area (Å²) in [7, 11) is -2.16. The van der Waals surface area contributed by atoms with Gasteiger partial charge in [0.25, 0.3) is 10.0 Å². The van der Waals surface area contributed by atoms with Crippen LogP contribution in [0.4, 0.5) is 11.4 Å². The van der Waals surface area contributed by atoms with Crippen LogP contribution in [0.3, 0.4) is 0 Å². The molecule has 0 aliphatic carbocycles. The van der Waals surface area contributed by atoms with Crippen molar-refractivity contribution in [1.29, 1.82) is 0 Å². The molecule has 0 saturated carbocycles. The highest BCUT2D eigenvalue weighted by atomic mass is 32.2. The zero-order valence-electron chi connectivity index (χ0n) is 16.1. The highest BCUT2D eigenvalue weighted by Crippen LogP contribution is 2.24. The lowest BCUT2D eigenvalue weighted by Gasteiger charge is -2.20. The van der Waals surface area contributed by atoms with Crippen molar-refractivity contribution >= 4 is 32.4 Å². The van der Waals surface area contributed by atoms with Crippen molar-refractivity contribution in [3.8, 4) is 0 Å². The van der Waals surface area contributed by atoms with Crippen molar-refractivity contribution in [2.24, 2.45) is 0 Å². The van der Waals surface area contributed by atoms with Crippen molar-refractivity contribution in [2.75, 3.05) is 17.1 Å². The SMILES string of the molecule is Cc1nc2cnccc2n1Cc1ccc(S(=O)(=O)N(C)c2cccc(N)c2)cc1. The second-order valence-electron chi connectivity index (χ2n) is 6.82. The number of fused-ring (bicyclic) bond motifs is 1. The summed E-state index contributed by atoms with van der Waals surface area (Å²) in [5, 5.41) is 0. The van der Waals surface area contributed by atoms with Gasteiger partial charge in [-0.2, -0.15) is 0 Å². The Bertz CT molecular complexity index is 1280. The molecule has 0 fully saturated rings. The molecular formula is C21H21N5O2S. The molecule has 148 valence electrons. The van der Waals surface area contributed by atoms with Gasteiger partial charge in [0, 0.05) is 25.5 Å². The number of nitrogens with two attached hydrogens (primary N) is 1. The van der Waals surface area contributed by atoms with Gasteiger partial charge in [-0.25, -0.2) is 13.4 Å². The van der Waals surface area contributed by atoms with Gasteiger partial charge in [0.1, 0.15) is 11.3 Å². The first-order valence-corrected chi connectivity index (χ1v) is 10.5. The van der Waals surface area contributed by atoms with Gasteiger partial charge in [-0.05, 0) is 48.9 Å². The Balaban J connectivity index is 1.61. The summed E-state index contributed by atoms with van der Waals surface area (Å²) < 4.78 is 29.2. The molecule has 2 aromatic heterocycles. The molecule has 0 aliphatic rings. The molecule has 0 bridgehead atoms. The average molecular weight is 407 g/mol. The zero-order valence-corrected chi connectivity index (χ0v) is 17.0. The number of hydrogen-bond acceptors (Lipinski definition) is 5. The van der Waals surface area contributed by atoms with Gasteiger partial charge in [0.15, 0.2) is 0 Å². The molecule has 2 aromatic carbocycles. The predicted molar refractivity (Wildman–Crippen MR) is 114 cm³/mol. The van der Waals surface area contributed by atoms with E-state index in [0.29, 0.717) is 17.9 Å². The largest absolute Gasteiger partial charge is 0.399 e. The first kappa shape index (κ1) is 18.9. The van der Waals surface area contributed by atoms with Crippen LogP contribution in [0.25, 0.3) is 11.0 Å². The van der Waals surface area contributed by atoms with Gasteiger partial charge in [-0.15, -0.1) is 0 Å². The summed E-state index contributed by atoms with van der Waals surface area (Å²) in [6.07, 6.45) is 3.47. The van der Waals surface area contributed by atoms with Crippen molar-refractivity contribution in [3.05, 3.63) is 78.4 Å². The standard InChI is InChI=1S/C21H21N5O2S/c1-15-24-20-13-23-11-10-21(20)26(15)14-16-6-8-19(9-7-16)29(27,28)25(2)18-5-3-4-17(22)12-18/h3-13H,14,22H2,1-2H3. The Morgan fingerprint density at radius 2 is 1.86 bits per heavy atom. The van der Waals surface area contributed by atoms with Crippen LogP contribution in [0.5, 0.6) is 0 Å². The van der Waals surface area contributed by atoms with Crippen LogP contribution in [0.2, 0.25) is 0 Å². The zero-order chi connectivity index (χ0) is 20.6. The number of pyridine rings is 1. The van der Waals surface area contributed by atoms with Gasteiger partial charge in [0.05, 0.1) is 22.3 Å². The third-order valence-electron chi connectivity index (χ3n) is 4.90. The number of aryl methyl sites for hydroxylation is 1. The second-order valence-corrected chi connectivity index (χ2v) is 8.79. The minimum Gasteiger partial charge on any atom is -0.399 e. The number of benzene rings is 2. The Morgan fingerprint density at radius 1 is 1.10 bits per heavy atom. The van der Waals surface area contributed by atoms with Crippen molar-refractivity contribution in [3.63, 3.8) is 0 Å². The van der Waals surface area contributed by atoms with Crippen LogP contribution in [0.15, 0.2) is 71.9 Å². The monoisotopic (exact) mass is 407 g/mol. The van der Waals surface area contributed by atoms with E-state index in [4.69, 9.17) is 5.73 Å². The first-order chi connectivity index (χ1) is 13.9. The molecule has 0 spiro atoms. The molecule has 4 rings (SSSR count). The Morgan fingerprint density at radius 3 is 2.59 bits per heavy atom. The lowest BCUT2D eigenvalue weighted by atomic mass is 10.2. The molecule has 0 atom stereocenters.